The van der Waals surface area contributed by atoms with Crippen LogP contribution in [0.4, 0.5) is 0 Å². The fourth-order valence-electron chi connectivity index (χ4n) is 5.10. The molecule has 1 fully saturated rings. The van der Waals surface area contributed by atoms with Crippen LogP contribution in [0.1, 0.15) is 125 Å². The average molecular weight is 583 g/mol. The molecule has 0 spiro atoms. The summed E-state index contributed by atoms with van der Waals surface area (Å²) in [7, 11) is 0. The maximum absolute atomic E-state index is 12.9. The lowest BCUT2D eigenvalue weighted by Gasteiger charge is -2.23. The molecule has 2 rings (SSSR count). The Bertz CT molecular complexity index is 788. The standard InChI is InChI=1S/C32H54N2O5.ClH/c1-2-3-4-5-6-7-8-9-10-12-23-39-30(26-38-22-13-11-17-31(35)36)25-34-32(37)29-16-14-15-28(24-29)27-18-20-33-21-19-27;/h14-16,24,27,30,33H,2-13,17-23,25-26H2,1H3,(H,34,37)(H,35,36);1H. The van der Waals surface area contributed by atoms with Gasteiger partial charge < -0.3 is 25.2 Å². The van der Waals surface area contributed by atoms with Crippen molar-refractivity contribution in [2.75, 3.05) is 39.5 Å². The smallest absolute Gasteiger partial charge is 0.303 e. The molecule has 7 nitrogen and oxygen atoms in total. The molecule has 0 radical (unpaired) electrons. The summed E-state index contributed by atoms with van der Waals surface area (Å²) in [5.74, 6) is -0.356. The molecular weight excluding hydrogens is 528 g/mol. The van der Waals surface area contributed by atoms with Crippen LogP contribution in [0.5, 0.6) is 0 Å². The van der Waals surface area contributed by atoms with Crippen molar-refractivity contribution in [1.29, 1.82) is 0 Å². The number of carbonyl (C=O) groups is 2. The Hall–Kier alpha value is -1.67. The van der Waals surface area contributed by atoms with Gasteiger partial charge in [0.1, 0.15) is 0 Å². The molecule has 0 aromatic heterocycles. The summed E-state index contributed by atoms with van der Waals surface area (Å²) >= 11 is 0. The summed E-state index contributed by atoms with van der Waals surface area (Å²) in [6.45, 7) is 6.24. The number of halogens is 1. The van der Waals surface area contributed by atoms with E-state index in [1.807, 2.05) is 18.2 Å². The van der Waals surface area contributed by atoms with E-state index in [1.165, 1.54) is 56.9 Å². The van der Waals surface area contributed by atoms with E-state index in [0.717, 1.165) is 38.8 Å². The molecule has 1 atom stereocenters. The minimum absolute atomic E-state index is 0. The van der Waals surface area contributed by atoms with Gasteiger partial charge in [-0.15, -0.1) is 12.4 Å². The first kappa shape index (κ1) is 36.4. The Balaban J connectivity index is 0.00000800. The number of nitrogens with one attached hydrogen (secondary N) is 2. The van der Waals surface area contributed by atoms with Crippen molar-refractivity contribution in [3.05, 3.63) is 35.4 Å². The zero-order valence-electron chi connectivity index (χ0n) is 24.8. The molecule has 3 N–H and O–H groups in total. The van der Waals surface area contributed by atoms with Crippen molar-refractivity contribution in [3.8, 4) is 0 Å². The molecule has 0 bridgehead atoms. The van der Waals surface area contributed by atoms with E-state index < -0.39 is 5.97 Å². The van der Waals surface area contributed by atoms with E-state index in [1.54, 1.807) is 0 Å². The number of carboxylic acid groups (broad SMARTS) is 1. The van der Waals surface area contributed by atoms with Crippen LogP contribution in [0.15, 0.2) is 24.3 Å². The van der Waals surface area contributed by atoms with Gasteiger partial charge in [-0.3, -0.25) is 9.59 Å². The van der Waals surface area contributed by atoms with E-state index >= 15 is 0 Å². The molecule has 230 valence electrons. The first-order valence-electron chi connectivity index (χ1n) is 15.6. The number of piperidine rings is 1. The largest absolute Gasteiger partial charge is 0.481 e. The zero-order chi connectivity index (χ0) is 28.0. The molecule has 1 aromatic carbocycles. The van der Waals surface area contributed by atoms with Crippen LogP contribution in [0.3, 0.4) is 0 Å². The van der Waals surface area contributed by atoms with Gasteiger partial charge in [0.2, 0.25) is 0 Å². The summed E-state index contributed by atoms with van der Waals surface area (Å²) in [4.78, 5) is 23.6. The maximum Gasteiger partial charge on any atom is 0.303 e. The molecule has 1 aromatic rings. The number of amides is 1. The number of rotatable bonds is 23. The van der Waals surface area contributed by atoms with Crippen molar-refractivity contribution in [1.82, 2.24) is 10.6 Å². The van der Waals surface area contributed by atoms with Gasteiger partial charge in [-0.25, -0.2) is 0 Å². The maximum atomic E-state index is 12.9. The number of unbranched alkanes of at least 4 members (excludes halogenated alkanes) is 10. The Morgan fingerprint density at radius 1 is 0.950 bits per heavy atom. The second-order valence-corrected chi connectivity index (χ2v) is 11.0. The SMILES string of the molecule is CCCCCCCCCCCCOC(CNC(=O)c1cccc(C2CCNCC2)c1)COCCCCC(=O)O.Cl. The van der Waals surface area contributed by atoms with E-state index in [4.69, 9.17) is 14.6 Å². The lowest BCUT2D eigenvalue weighted by Crippen LogP contribution is -2.36. The monoisotopic (exact) mass is 582 g/mol. The van der Waals surface area contributed by atoms with Crippen LogP contribution < -0.4 is 10.6 Å². The van der Waals surface area contributed by atoms with E-state index in [0.29, 0.717) is 50.7 Å². The van der Waals surface area contributed by atoms with Gasteiger partial charge in [-0.05, 0) is 68.8 Å². The fourth-order valence-corrected chi connectivity index (χ4v) is 5.10. The molecule has 1 aliphatic heterocycles. The summed E-state index contributed by atoms with van der Waals surface area (Å²) in [5, 5.41) is 15.2. The number of benzene rings is 1. The van der Waals surface area contributed by atoms with Gasteiger partial charge in [0, 0.05) is 31.7 Å². The van der Waals surface area contributed by atoms with Crippen LogP contribution in [0, 0.1) is 0 Å². The highest BCUT2D eigenvalue weighted by molar-refractivity contribution is 5.94. The molecular formula is C32H55ClN2O5. The third-order valence-corrected chi connectivity index (χ3v) is 7.53. The normalized spacial score (nSPS) is 14.4. The van der Waals surface area contributed by atoms with E-state index in [9.17, 15) is 9.59 Å². The van der Waals surface area contributed by atoms with Crippen LogP contribution in [-0.2, 0) is 14.3 Å². The van der Waals surface area contributed by atoms with Crippen molar-refractivity contribution >= 4 is 24.3 Å². The quantitative estimate of drug-likeness (QED) is 0.122. The molecule has 1 unspecified atom stereocenters. The Morgan fingerprint density at radius 2 is 1.60 bits per heavy atom. The van der Waals surface area contributed by atoms with Gasteiger partial charge in [0.15, 0.2) is 0 Å². The number of aliphatic carboxylic acids is 1. The Morgan fingerprint density at radius 3 is 2.27 bits per heavy atom. The van der Waals surface area contributed by atoms with Gasteiger partial charge in [0.25, 0.3) is 5.91 Å². The summed E-state index contributed by atoms with van der Waals surface area (Å²) in [6.07, 6.45) is 16.2. The van der Waals surface area contributed by atoms with Crippen LogP contribution in [0.25, 0.3) is 0 Å². The molecule has 1 amide bonds. The molecule has 1 heterocycles. The summed E-state index contributed by atoms with van der Waals surface area (Å²) < 4.78 is 11.9. The van der Waals surface area contributed by atoms with Crippen molar-refractivity contribution in [2.45, 2.75) is 115 Å². The van der Waals surface area contributed by atoms with E-state index in [-0.39, 0.29) is 30.8 Å². The molecule has 1 saturated heterocycles. The molecule has 40 heavy (non-hydrogen) atoms. The number of hydrogen-bond acceptors (Lipinski definition) is 5. The van der Waals surface area contributed by atoms with Gasteiger partial charge in [0.05, 0.1) is 12.7 Å². The topological polar surface area (TPSA) is 96.9 Å². The lowest BCUT2D eigenvalue weighted by molar-refractivity contribution is -0.137. The van der Waals surface area contributed by atoms with Crippen LogP contribution in [0.2, 0.25) is 0 Å². The van der Waals surface area contributed by atoms with Crippen LogP contribution in [-0.4, -0.2) is 62.5 Å². The fraction of sp³-hybridized carbons (Fsp3) is 0.750. The number of carboxylic acids is 1. The third-order valence-electron chi connectivity index (χ3n) is 7.53. The highest BCUT2D eigenvalue weighted by Gasteiger charge is 2.17. The zero-order valence-corrected chi connectivity index (χ0v) is 25.6. The predicted octanol–water partition coefficient (Wildman–Crippen LogP) is 6.88. The predicted molar refractivity (Wildman–Crippen MR) is 165 cm³/mol. The van der Waals surface area contributed by atoms with Crippen molar-refractivity contribution in [2.24, 2.45) is 0 Å². The summed E-state index contributed by atoms with van der Waals surface area (Å²) in [5.41, 5.74) is 1.93. The highest BCUT2D eigenvalue weighted by Crippen LogP contribution is 2.25. The molecule has 1 aliphatic rings. The molecule has 8 heteroatoms. The highest BCUT2D eigenvalue weighted by atomic mass is 35.5. The van der Waals surface area contributed by atoms with Gasteiger partial charge in [-0.1, -0.05) is 76.8 Å². The number of carbonyl (C=O) groups excluding carboxylic acids is 1. The third kappa shape index (κ3) is 17.2. The number of hydrogen-bond donors (Lipinski definition) is 3. The van der Waals surface area contributed by atoms with Crippen molar-refractivity contribution in [3.63, 3.8) is 0 Å². The second kappa shape index (κ2) is 24.0. The van der Waals surface area contributed by atoms with Gasteiger partial charge >= 0.3 is 5.97 Å². The summed E-state index contributed by atoms with van der Waals surface area (Å²) in [6, 6.07) is 8.01. The van der Waals surface area contributed by atoms with Crippen LogP contribution >= 0.6 is 12.4 Å². The molecule has 0 aliphatic carbocycles. The molecule has 0 saturated carbocycles. The first-order chi connectivity index (χ1) is 19.1. The van der Waals surface area contributed by atoms with Crippen molar-refractivity contribution < 1.29 is 24.2 Å². The average Bonchev–Trinajstić information content (AvgIpc) is 2.96. The Kier molecular flexibility index (Phi) is 21.8. The van der Waals surface area contributed by atoms with Gasteiger partial charge in [-0.2, -0.15) is 0 Å². The van der Waals surface area contributed by atoms with E-state index in [2.05, 4.69) is 23.6 Å². The second-order valence-electron chi connectivity index (χ2n) is 11.0. The lowest BCUT2D eigenvalue weighted by atomic mass is 9.89. The number of ether oxygens (including phenoxy) is 2. The minimum Gasteiger partial charge on any atom is -0.481 e. The minimum atomic E-state index is -0.778. The Labute approximate surface area is 249 Å². The first-order valence-corrected chi connectivity index (χ1v) is 15.6.